The Bertz CT molecular complexity index is 1090. The molecule has 1 heterocycles. The van der Waals surface area contributed by atoms with Crippen molar-refractivity contribution >= 4 is 11.9 Å². The van der Waals surface area contributed by atoms with Crippen molar-refractivity contribution < 1.29 is 49.3 Å². The molecule has 0 spiro atoms. The molecule has 0 saturated carbocycles. The molecule has 1 rings (SSSR count). The predicted octanol–water partition coefficient (Wildman–Crippen LogP) is 11.6. The highest BCUT2D eigenvalue weighted by Gasteiger charge is 2.44. The lowest BCUT2D eigenvalue weighted by Crippen LogP contribution is -2.60. The molecular weight excluding hydrogens is 823 g/mol. The normalized spacial score (nSPS) is 19.8. The molecule has 11 heteroatoms. The van der Waals surface area contributed by atoms with Crippen LogP contribution in [-0.2, 0) is 23.8 Å². The van der Waals surface area contributed by atoms with Crippen LogP contribution >= 0.6 is 0 Å². The standard InChI is InChI=1S/C54H103NO10/c1-3-5-7-9-11-13-20-24-28-32-36-40-47(57)46(45-64-54-53(62)52(61)51(60)48(44-56)65-54)55-49(58)41-37-33-29-25-22-18-16-15-17-19-23-27-31-35-39-43-63-50(59)42-38-34-30-26-21-14-12-10-8-6-4-2/h36,40,46-48,51-54,56-57,60-62H,3-35,37-39,41-45H2,1-2H3,(H,55,58)/b40-36+. The number of unbranched alkanes of at least 4 members (excludes halogenated alkanes) is 33. The third kappa shape index (κ3) is 35.2. The second kappa shape index (κ2) is 44.9. The summed E-state index contributed by atoms with van der Waals surface area (Å²) in [6, 6.07) is -0.814. The van der Waals surface area contributed by atoms with Crippen LogP contribution in [0.1, 0.15) is 258 Å². The van der Waals surface area contributed by atoms with Crippen LogP contribution in [0, 0.1) is 0 Å². The van der Waals surface area contributed by atoms with Crippen LogP contribution in [0.25, 0.3) is 0 Å². The van der Waals surface area contributed by atoms with E-state index >= 15 is 0 Å². The van der Waals surface area contributed by atoms with Gasteiger partial charge in [-0.3, -0.25) is 9.59 Å². The third-order valence-corrected chi connectivity index (χ3v) is 13.2. The van der Waals surface area contributed by atoms with Gasteiger partial charge in [0, 0.05) is 12.8 Å². The van der Waals surface area contributed by atoms with Gasteiger partial charge >= 0.3 is 5.97 Å². The highest BCUT2D eigenvalue weighted by atomic mass is 16.7. The van der Waals surface area contributed by atoms with Gasteiger partial charge < -0.3 is 45.1 Å². The number of amides is 1. The fourth-order valence-corrected chi connectivity index (χ4v) is 8.73. The van der Waals surface area contributed by atoms with E-state index in [0.29, 0.717) is 19.4 Å². The molecule has 0 aromatic rings. The highest BCUT2D eigenvalue weighted by Crippen LogP contribution is 2.23. The minimum atomic E-state index is -1.57. The minimum absolute atomic E-state index is 0.0188. The lowest BCUT2D eigenvalue weighted by atomic mass is 9.99. The van der Waals surface area contributed by atoms with Crippen LogP contribution in [0.2, 0.25) is 0 Å². The first-order valence-corrected chi connectivity index (χ1v) is 27.5. The van der Waals surface area contributed by atoms with Gasteiger partial charge in [0.2, 0.25) is 5.91 Å². The first-order valence-electron chi connectivity index (χ1n) is 27.5. The molecule has 65 heavy (non-hydrogen) atoms. The molecule has 1 amide bonds. The Labute approximate surface area is 398 Å². The van der Waals surface area contributed by atoms with Gasteiger partial charge in [-0.15, -0.1) is 0 Å². The quantitative estimate of drug-likeness (QED) is 0.0196. The van der Waals surface area contributed by atoms with Gasteiger partial charge in [0.05, 0.1) is 32.0 Å². The van der Waals surface area contributed by atoms with Crippen LogP contribution in [-0.4, -0.2) is 100 Å². The zero-order valence-electron chi connectivity index (χ0n) is 42.0. The van der Waals surface area contributed by atoms with Crippen molar-refractivity contribution in [1.82, 2.24) is 5.32 Å². The van der Waals surface area contributed by atoms with E-state index in [2.05, 4.69) is 19.2 Å². The van der Waals surface area contributed by atoms with Gasteiger partial charge in [0.15, 0.2) is 6.29 Å². The average molecular weight is 926 g/mol. The Kier molecular flexibility index (Phi) is 42.4. The van der Waals surface area contributed by atoms with E-state index in [1.807, 2.05) is 6.08 Å². The van der Waals surface area contributed by atoms with E-state index in [1.165, 1.54) is 161 Å². The maximum atomic E-state index is 13.0. The van der Waals surface area contributed by atoms with Gasteiger partial charge in [-0.1, -0.05) is 225 Å². The molecule has 1 aliphatic heterocycles. The SMILES string of the molecule is CCCCCCCCCCC/C=C/C(O)C(COC1OC(CO)C(O)C(O)C1O)NC(=O)CCCCCCCCCCCCCCCCCOC(=O)CCCCCCCCCCCCC. The molecule has 6 N–H and O–H groups in total. The number of nitrogens with one attached hydrogen (secondary N) is 1. The maximum Gasteiger partial charge on any atom is 0.305 e. The van der Waals surface area contributed by atoms with E-state index in [4.69, 9.17) is 14.2 Å². The second-order valence-corrected chi connectivity index (χ2v) is 19.3. The minimum Gasteiger partial charge on any atom is -0.466 e. The Morgan fingerprint density at radius 2 is 0.969 bits per heavy atom. The van der Waals surface area contributed by atoms with Crippen molar-refractivity contribution in [2.45, 2.75) is 301 Å². The molecule has 0 aromatic heterocycles. The Balaban J connectivity index is 2.12. The molecule has 0 aliphatic carbocycles. The van der Waals surface area contributed by atoms with Crippen molar-refractivity contribution in [1.29, 1.82) is 0 Å². The fourth-order valence-electron chi connectivity index (χ4n) is 8.73. The fraction of sp³-hybridized carbons (Fsp3) is 0.926. The third-order valence-electron chi connectivity index (χ3n) is 13.2. The largest absolute Gasteiger partial charge is 0.466 e. The number of hydrogen-bond donors (Lipinski definition) is 6. The number of carbonyl (C=O) groups excluding carboxylic acids is 2. The molecule has 384 valence electrons. The number of rotatable bonds is 47. The summed E-state index contributed by atoms with van der Waals surface area (Å²) < 4.78 is 16.7. The van der Waals surface area contributed by atoms with Crippen molar-refractivity contribution in [3.05, 3.63) is 12.2 Å². The van der Waals surface area contributed by atoms with Crippen LogP contribution in [0.3, 0.4) is 0 Å². The van der Waals surface area contributed by atoms with Crippen molar-refractivity contribution in [2.24, 2.45) is 0 Å². The molecule has 1 fully saturated rings. The van der Waals surface area contributed by atoms with E-state index in [0.717, 1.165) is 70.6 Å². The highest BCUT2D eigenvalue weighted by molar-refractivity contribution is 5.76. The van der Waals surface area contributed by atoms with E-state index in [9.17, 15) is 35.1 Å². The summed E-state index contributed by atoms with van der Waals surface area (Å²) >= 11 is 0. The molecule has 0 bridgehead atoms. The van der Waals surface area contributed by atoms with Gasteiger partial charge in [0.1, 0.15) is 24.4 Å². The van der Waals surface area contributed by atoms with Crippen LogP contribution in [0.4, 0.5) is 0 Å². The van der Waals surface area contributed by atoms with Crippen LogP contribution in [0.15, 0.2) is 12.2 Å². The number of aliphatic hydroxyl groups is 5. The number of aliphatic hydroxyl groups excluding tert-OH is 5. The van der Waals surface area contributed by atoms with Gasteiger partial charge in [-0.25, -0.2) is 0 Å². The summed E-state index contributed by atoms with van der Waals surface area (Å²) in [6.07, 6.45) is 40.0. The summed E-state index contributed by atoms with van der Waals surface area (Å²) in [7, 11) is 0. The van der Waals surface area contributed by atoms with Crippen molar-refractivity contribution in [3.63, 3.8) is 0 Å². The summed E-state index contributed by atoms with van der Waals surface area (Å²) in [5, 5.41) is 54.2. The van der Waals surface area contributed by atoms with Gasteiger partial charge in [0.25, 0.3) is 0 Å². The Morgan fingerprint density at radius 1 is 0.554 bits per heavy atom. The summed E-state index contributed by atoms with van der Waals surface area (Å²) in [5.41, 5.74) is 0. The van der Waals surface area contributed by atoms with Crippen molar-refractivity contribution in [2.75, 3.05) is 19.8 Å². The Morgan fingerprint density at radius 3 is 1.43 bits per heavy atom. The van der Waals surface area contributed by atoms with Crippen LogP contribution < -0.4 is 5.32 Å². The zero-order valence-corrected chi connectivity index (χ0v) is 42.0. The molecule has 1 aliphatic rings. The molecule has 7 atom stereocenters. The average Bonchev–Trinajstić information content (AvgIpc) is 3.30. The number of carbonyl (C=O) groups is 2. The lowest BCUT2D eigenvalue weighted by molar-refractivity contribution is -0.302. The van der Waals surface area contributed by atoms with E-state index in [-0.39, 0.29) is 18.5 Å². The van der Waals surface area contributed by atoms with E-state index < -0.39 is 49.5 Å². The summed E-state index contributed by atoms with van der Waals surface area (Å²) in [4.78, 5) is 25.0. The molecule has 1 saturated heterocycles. The predicted molar refractivity (Wildman–Crippen MR) is 265 cm³/mol. The smallest absolute Gasteiger partial charge is 0.305 e. The molecule has 11 nitrogen and oxygen atoms in total. The number of ether oxygens (including phenoxy) is 3. The van der Waals surface area contributed by atoms with Gasteiger partial charge in [-0.2, -0.15) is 0 Å². The first-order chi connectivity index (χ1) is 31.7. The van der Waals surface area contributed by atoms with Crippen LogP contribution in [0.5, 0.6) is 0 Å². The number of allylic oxidation sites excluding steroid dienone is 1. The summed E-state index contributed by atoms with van der Waals surface area (Å²) in [5.74, 6) is -0.209. The number of hydrogen-bond acceptors (Lipinski definition) is 10. The molecular formula is C54H103NO10. The second-order valence-electron chi connectivity index (χ2n) is 19.3. The number of esters is 1. The summed E-state index contributed by atoms with van der Waals surface area (Å²) in [6.45, 7) is 4.30. The molecule has 7 unspecified atom stereocenters. The van der Waals surface area contributed by atoms with Crippen molar-refractivity contribution in [3.8, 4) is 0 Å². The maximum absolute atomic E-state index is 13.0. The van der Waals surface area contributed by atoms with Gasteiger partial charge in [-0.05, 0) is 32.1 Å². The van der Waals surface area contributed by atoms with E-state index in [1.54, 1.807) is 6.08 Å². The topological polar surface area (TPSA) is 175 Å². The Hall–Kier alpha value is -1.60. The molecule has 0 aromatic carbocycles. The monoisotopic (exact) mass is 926 g/mol. The lowest BCUT2D eigenvalue weighted by Gasteiger charge is -2.40. The molecule has 0 radical (unpaired) electrons. The zero-order chi connectivity index (χ0) is 47.4. The first kappa shape index (κ1) is 61.4.